The summed E-state index contributed by atoms with van der Waals surface area (Å²) in [6, 6.07) is 1.94. The average molecular weight is 174 g/mol. The first kappa shape index (κ1) is 8.84. The van der Waals surface area contributed by atoms with Gasteiger partial charge in [0.25, 0.3) is 0 Å². The summed E-state index contributed by atoms with van der Waals surface area (Å²) < 4.78 is 0. The minimum absolute atomic E-state index is 0.270. The van der Waals surface area contributed by atoms with Crippen molar-refractivity contribution < 1.29 is 0 Å². The van der Waals surface area contributed by atoms with Crippen LogP contribution >= 0.6 is 0 Å². The van der Waals surface area contributed by atoms with Crippen LogP contribution in [0.2, 0.25) is 0 Å². The molecule has 0 saturated heterocycles. The molecule has 0 fully saturated rings. The van der Waals surface area contributed by atoms with Gasteiger partial charge in [0.2, 0.25) is 0 Å². The highest BCUT2D eigenvalue weighted by Crippen LogP contribution is 2.04. The van der Waals surface area contributed by atoms with Crippen LogP contribution in [-0.4, -0.2) is 16.7 Å². The van der Waals surface area contributed by atoms with Crippen LogP contribution in [0.3, 0.4) is 0 Å². The first-order valence-electron chi connectivity index (χ1n) is 3.49. The molecule has 0 aliphatic carbocycles. The summed E-state index contributed by atoms with van der Waals surface area (Å²) in [6.07, 6.45) is 4.87. The number of nitriles is 1. The molecule has 1 N–H and O–H groups in total. The molecular formula is C7H6N6. The van der Waals surface area contributed by atoms with E-state index in [1.807, 2.05) is 6.07 Å². The van der Waals surface area contributed by atoms with Crippen LogP contribution in [0.5, 0.6) is 0 Å². The fraction of sp³-hybridized carbons (Fsp3) is 0.143. The largest absolute Gasteiger partial charge is 0.267 e. The van der Waals surface area contributed by atoms with E-state index in [1.165, 1.54) is 6.20 Å². The molecule has 1 aromatic rings. The maximum Gasteiger partial charge on any atom is 0.142 e. The highest BCUT2D eigenvalue weighted by molar-refractivity contribution is 5.54. The van der Waals surface area contributed by atoms with Gasteiger partial charge < -0.3 is 0 Å². The number of aromatic nitrogens is 2. The summed E-state index contributed by atoms with van der Waals surface area (Å²) in [5, 5.41) is 18.1. The number of azide groups is 1. The van der Waals surface area contributed by atoms with Crippen LogP contribution in [-0.2, 0) is 0 Å². The molecule has 0 bridgehead atoms. The smallest absolute Gasteiger partial charge is 0.142 e. The molecule has 0 unspecified atom stereocenters. The van der Waals surface area contributed by atoms with E-state index in [4.69, 9.17) is 10.8 Å². The number of rotatable bonds is 3. The minimum atomic E-state index is 0.270. The molecule has 6 heteroatoms. The minimum Gasteiger partial charge on any atom is -0.267 e. The monoisotopic (exact) mass is 174 g/mol. The Morgan fingerprint density at radius 2 is 2.69 bits per heavy atom. The predicted molar refractivity (Wildman–Crippen MR) is 46.3 cm³/mol. The number of nitrogens with one attached hydrogen (secondary N) is 1. The number of H-pyrrole nitrogens is 1. The predicted octanol–water partition coefficient (Wildman–Crippen LogP) is 1.60. The van der Waals surface area contributed by atoms with Crippen molar-refractivity contribution in [3.05, 3.63) is 34.0 Å². The Hall–Kier alpha value is -2.25. The number of hydrogen-bond acceptors (Lipinski definition) is 3. The number of nitrogens with zero attached hydrogens (tertiary/aromatic N) is 5. The Balaban J connectivity index is 2.69. The molecule has 0 aromatic carbocycles. The van der Waals surface area contributed by atoms with Gasteiger partial charge in [-0.2, -0.15) is 10.4 Å². The molecule has 6 nitrogen and oxygen atoms in total. The Labute approximate surface area is 74.1 Å². The highest BCUT2D eigenvalue weighted by Gasteiger charge is 1.97. The van der Waals surface area contributed by atoms with Crippen molar-refractivity contribution in [3.8, 4) is 6.07 Å². The Bertz CT molecular complexity index is 389. The van der Waals surface area contributed by atoms with Gasteiger partial charge in [0.15, 0.2) is 0 Å². The maximum absolute atomic E-state index is 8.57. The van der Waals surface area contributed by atoms with Gasteiger partial charge in [0, 0.05) is 17.0 Å². The summed E-state index contributed by atoms with van der Waals surface area (Å²) in [4.78, 5) is 2.58. The second-order valence-electron chi connectivity index (χ2n) is 2.13. The van der Waals surface area contributed by atoms with E-state index in [0.717, 1.165) is 0 Å². The van der Waals surface area contributed by atoms with E-state index in [9.17, 15) is 0 Å². The second-order valence-corrected chi connectivity index (χ2v) is 2.13. The van der Waals surface area contributed by atoms with Gasteiger partial charge in [-0.1, -0.05) is 17.3 Å². The Kier molecular flexibility index (Phi) is 3.12. The van der Waals surface area contributed by atoms with Crippen molar-refractivity contribution in [2.45, 2.75) is 0 Å². The second kappa shape index (κ2) is 4.59. The molecule has 0 saturated carbocycles. The quantitative estimate of drug-likeness (QED) is 0.427. The third-order valence-electron chi connectivity index (χ3n) is 1.33. The van der Waals surface area contributed by atoms with Gasteiger partial charge in [-0.3, -0.25) is 5.10 Å². The summed E-state index contributed by atoms with van der Waals surface area (Å²) in [5.41, 5.74) is 9.07. The zero-order valence-corrected chi connectivity index (χ0v) is 6.68. The number of hydrogen-bond donors (Lipinski definition) is 1. The molecule has 0 aliphatic rings. The van der Waals surface area contributed by atoms with Crippen molar-refractivity contribution in [1.82, 2.24) is 10.2 Å². The topological polar surface area (TPSA) is 101 Å². The van der Waals surface area contributed by atoms with Gasteiger partial charge in [-0.05, 0) is 5.53 Å². The van der Waals surface area contributed by atoms with Crippen molar-refractivity contribution >= 4 is 6.08 Å². The first-order valence-corrected chi connectivity index (χ1v) is 3.49. The van der Waals surface area contributed by atoms with E-state index in [1.54, 1.807) is 12.2 Å². The van der Waals surface area contributed by atoms with Crippen LogP contribution in [0.15, 0.2) is 17.4 Å². The summed E-state index contributed by atoms with van der Waals surface area (Å²) in [7, 11) is 0. The first-order chi connectivity index (χ1) is 6.38. The molecule has 1 rings (SSSR count). The third kappa shape index (κ3) is 2.36. The van der Waals surface area contributed by atoms with Crippen molar-refractivity contribution in [2.24, 2.45) is 5.11 Å². The lowest BCUT2D eigenvalue weighted by atomic mass is 10.2. The molecule has 0 radical (unpaired) electrons. The molecule has 0 atom stereocenters. The van der Waals surface area contributed by atoms with Crippen molar-refractivity contribution in [2.75, 3.05) is 6.54 Å². The van der Waals surface area contributed by atoms with Crippen LogP contribution in [0.4, 0.5) is 0 Å². The molecule has 0 aliphatic heterocycles. The van der Waals surface area contributed by atoms with Crippen LogP contribution in [0.1, 0.15) is 11.3 Å². The van der Waals surface area contributed by atoms with Crippen molar-refractivity contribution in [1.29, 1.82) is 5.26 Å². The molecule has 1 aromatic heterocycles. The summed E-state index contributed by atoms with van der Waals surface area (Å²) in [6.45, 7) is 0.270. The SMILES string of the molecule is N#Cc1[nH]ncc1C=CCN=[N+]=[N-]. The van der Waals surface area contributed by atoms with E-state index >= 15 is 0 Å². The number of aromatic amines is 1. The lowest BCUT2D eigenvalue weighted by molar-refractivity contribution is 1.07. The Morgan fingerprint density at radius 3 is 3.38 bits per heavy atom. The van der Waals surface area contributed by atoms with Gasteiger partial charge in [-0.15, -0.1) is 0 Å². The molecule has 13 heavy (non-hydrogen) atoms. The van der Waals surface area contributed by atoms with Gasteiger partial charge in [0.1, 0.15) is 11.8 Å². The van der Waals surface area contributed by atoms with E-state index in [2.05, 4.69) is 20.2 Å². The van der Waals surface area contributed by atoms with Gasteiger partial charge in [0.05, 0.1) is 6.20 Å². The fourth-order valence-electron chi connectivity index (χ4n) is 0.775. The lowest BCUT2D eigenvalue weighted by Gasteiger charge is -1.83. The van der Waals surface area contributed by atoms with Crippen LogP contribution < -0.4 is 0 Å². The lowest BCUT2D eigenvalue weighted by Crippen LogP contribution is -1.76. The normalized spacial score (nSPS) is 9.46. The average Bonchev–Trinajstić information content (AvgIpc) is 2.60. The molecule has 0 amide bonds. The summed E-state index contributed by atoms with van der Waals surface area (Å²) >= 11 is 0. The summed E-state index contributed by atoms with van der Waals surface area (Å²) in [5.74, 6) is 0. The zero-order chi connectivity index (χ0) is 9.52. The van der Waals surface area contributed by atoms with E-state index < -0.39 is 0 Å². The van der Waals surface area contributed by atoms with Gasteiger partial charge >= 0.3 is 0 Å². The molecule has 0 spiro atoms. The zero-order valence-electron chi connectivity index (χ0n) is 6.68. The standard InChI is InChI=1S/C7H6N6/c8-4-7-6(5-11-12-7)2-1-3-10-13-9/h1-2,5H,3H2,(H,11,12). The maximum atomic E-state index is 8.57. The van der Waals surface area contributed by atoms with Gasteiger partial charge in [-0.25, -0.2) is 0 Å². The third-order valence-corrected chi connectivity index (χ3v) is 1.33. The fourth-order valence-corrected chi connectivity index (χ4v) is 0.775. The molecular weight excluding hydrogens is 168 g/mol. The van der Waals surface area contributed by atoms with E-state index in [-0.39, 0.29) is 6.54 Å². The van der Waals surface area contributed by atoms with Crippen LogP contribution in [0, 0.1) is 11.3 Å². The van der Waals surface area contributed by atoms with Crippen LogP contribution in [0.25, 0.3) is 16.5 Å². The molecule has 1 heterocycles. The van der Waals surface area contributed by atoms with Crippen molar-refractivity contribution in [3.63, 3.8) is 0 Å². The van der Waals surface area contributed by atoms with E-state index in [0.29, 0.717) is 11.3 Å². The molecule has 64 valence electrons. The highest BCUT2D eigenvalue weighted by atomic mass is 15.1. The Morgan fingerprint density at radius 1 is 1.85 bits per heavy atom.